The normalized spacial score (nSPS) is 11.2. The van der Waals surface area contributed by atoms with Crippen molar-refractivity contribution in [2.24, 2.45) is 4.99 Å². The highest BCUT2D eigenvalue weighted by Gasteiger charge is 2.13. The Morgan fingerprint density at radius 3 is 2.41 bits per heavy atom. The fourth-order valence-electron chi connectivity index (χ4n) is 2.12. The molecule has 4 nitrogen and oxygen atoms in total. The van der Waals surface area contributed by atoms with Gasteiger partial charge in [0.2, 0.25) is 0 Å². The summed E-state index contributed by atoms with van der Waals surface area (Å²) in [5.41, 5.74) is 3.37. The average Bonchev–Trinajstić information content (AvgIpc) is 2.52. The molecule has 0 aliphatic rings. The Hall–Kier alpha value is -2.33. The third kappa shape index (κ3) is 3.65. The van der Waals surface area contributed by atoms with Crippen LogP contribution in [0.3, 0.4) is 0 Å². The molecule has 0 bridgehead atoms. The van der Waals surface area contributed by atoms with E-state index in [1.54, 1.807) is 14.0 Å². The number of aliphatic imine (C=N–C) groups is 1. The minimum Gasteiger partial charge on any atom is -0.497 e. The maximum atomic E-state index is 7.73. The average molecular weight is 316 g/mol. The Morgan fingerprint density at radius 2 is 1.86 bits per heavy atom. The van der Waals surface area contributed by atoms with Crippen molar-refractivity contribution in [1.82, 2.24) is 0 Å². The van der Waals surface area contributed by atoms with Crippen LogP contribution in [-0.4, -0.2) is 25.7 Å². The molecule has 0 amide bonds. The number of hydrogen-bond acceptors (Lipinski definition) is 3. The van der Waals surface area contributed by atoms with Crippen LogP contribution in [-0.2, 0) is 0 Å². The zero-order valence-corrected chi connectivity index (χ0v) is 13.5. The van der Waals surface area contributed by atoms with E-state index in [9.17, 15) is 0 Å². The van der Waals surface area contributed by atoms with E-state index >= 15 is 0 Å². The van der Waals surface area contributed by atoms with Crippen molar-refractivity contribution in [3.05, 3.63) is 58.6 Å². The molecule has 0 radical (unpaired) electrons. The highest BCUT2D eigenvalue weighted by atomic mass is 35.5. The first-order valence-electron chi connectivity index (χ1n) is 6.81. The van der Waals surface area contributed by atoms with Gasteiger partial charge in [-0.25, -0.2) is 4.99 Å². The van der Waals surface area contributed by atoms with Crippen LogP contribution in [0.2, 0.25) is 5.02 Å². The molecule has 0 heterocycles. The quantitative estimate of drug-likeness (QED) is 0.655. The number of anilines is 1. The second-order valence-electron chi connectivity index (χ2n) is 4.71. The van der Waals surface area contributed by atoms with E-state index in [0.717, 1.165) is 22.6 Å². The van der Waals surface area contributed by atoms with Crippen LogP contribution in [0.1, 0.15) is 18.1 Å². The smallest absolute Gasteiger partial charge is 0.119 e. The van der Waals surface area contributed by atoms with E-state index in [2.05, 4.69) is 10.3 Å². The number of rotatable bonds is 4. The Morgan fingerprint density at radius 1 is 1.18 bits per heavy atom. The zero-order valence-electron chi connectivity index (χ0n) is 12.8. The second-order valence-corrected chi connectivity index (χ2v) is 5.15. The van der Waals surface area contributed by atoms with Crippen LogP contribution in [0.15, 0.2) is 47.5 Å². The Bertz CT molecular complexity index is 708. The molecule has 2 aromatic carbocycles. The monoisotopic (exact) mass is 315 g/mol. The van der Waals surface area contributed by atoms with Gasteiger partial charge >= 0.3 is 0 Å². The first-order chi connectivity index (χ1) is 10.5. The summed E-state index contributed by atoms with van der Waals surface area (Å²) in [4.78, 5) is 4.39. The van der Waals surface area contributed by atoms with Crippen molar-refractivity contribution >= 4 is 28.8 Å². The summed E-state index contributed by atoms with van der Waals surface area (Å²) < 4.78 is 5.31. The van der Waals surface area contributed by atoms with E-state index in [0.29, 0.717) is 10.7 Å². The molecule has 0 aliphatic heterocycles. The lowest BCUT2D eigenvalue weighted by Crippen LogP contribution is -2.09. The van der Waals surface area contributed by atoms with Gasteiger partial charge in [0.25, 0.3) is 0 Å². The lowest BCUT2D eigenvalue weighted by Gasteiger charge is -2.14. The van der Waals surface area contributed by atoms with Crippen LogP contribution < -0.4 is 10.1 Å². The van der Waals surface area contributed by atoms with Crippen LogP contribution in [0.25, 0.3) is 0 Å². The Kier molecular flexibility index (Phi) is 5.17. The van der Waals surface area contributed by atoms with Gasteiger partial charge in [-0.15, -0.1) is 0 Å². The third-order valence-electron chi connectivity index (χ3n) is 3.15. The van der Waals surface area contributed by atoms with Crippen LogP contribution >= 0.6 is 11.6 Å². The van der Waals surface area contributed by atoms with Gasteiger partial charge in [0.05, 0.1) is 12.8 Å². The molecule has 2 N–H and O–H groups in total. The van der Waals surface area contributed by atoms with Crippen molar-refractivity contribution in [3.8, 4) is 5.75 Å². The first kappa shape index (κ1) is 16.0. The minimum absolute atomic E-state index is 0.231. The molecule has 0 saturated heterocycles. The molecule has 2 rings (SSSR count). The number of amidine groups is 1. The predicted octanol–water partition coefficient (Wildman–Crippen LogP) is 4.22. The summed E-state index contributed by atoms with van der Waals surface area (Å²) in [5, 5.41) is 11.5. The fraction of sp³-hybridized carbons (Fsp3) is 0.176. The van der Waals surface area contributed by atoms with E-state index in [4.69, 9.17) is 21.7 Å². The molecule has 0 aromatic heterocycles. The number of hydrogen-bond donors (Lipinski definition) is 2. The maximum Gasteiger partial charge on any atom is 0.119 e. The molecule has 0 unspecified atom stereocenters. The van der Waals surface area contributed by atoms with Crippen molar-refractivity contribution in [1.29, 1.82) is 5.41 Å². The summed E-state index contributed by atoms with van der Waals surface area (Å²) in [6.07, 6.45) is 0. The van der Waals surface area contributed by atoms with Gasteiger partial charge < -0.3 is 10.1 Å². The zero-order chi connectivity index (χ0) is 16.1. The van der Waals surface area contributed by atoms with E-state index < -0.39 is 0 Å². The molecule has 0 spiro atoms. The first-order valence-corrected chi connectivity index (χ1v) is 7.19. The largest absolute Gasteiger partial charge is 0.497 e. The van der Waals surface area contributed by atoms with Crippen molar-refractivity contribution in [2.75, 3.05) is 19.5 Å². The van der Waals surface area contributed by atoms with Crippen molar-refractivity contribution in [3.63, 3.8) is 0 Å². The van der Waals surface area contributed by atoms with E-state index in [1.165, 1.54) is 0 Å². The second kappa shape index (κ2) is 7.09. The SMILES string of the molecule is CNc1ccc(OC)cc1C(=NC(C)=N)c1ccc(Cl)cc1. The van der Waals surface area contributed by atoms with Gasteiger partial charge in [-0.05, 0) is 37.3 Å². The molecule has 0 saturated carbocycles. The summed E-state index contributed by atoms with van der Waals surface area (Å²) in [5.74, 6) is 0.966. The summed E-state index contributed by atoms with van der Waals surface area (Å²) in [6.45, 7) is 1.65. The van der Waals surface area contributed by atoms with Gasteiger partial charge in [-0.3, -0.25) is 5.41 Å². The van der Waals surface area contributed by atoms with Crippen molar-refractivity contribution in [2.45, 2.75) is 6.92 Å². The van der Waals surface area contributed by atoms with E-state index in [-0.39, 0.29) is 5.84 Å². The fourth-order valence-corrected chi connectivity index (χ4v) is 2.25. The number of ether oxygens (including phenoxy) is 1. The number of halogens is 1. The highest BCUT2D eigenvalue weighted by molar-refractivity contribution is 6.30. The molecule has 2 aromatic rings. The standard InChI is InChI=1S/C17H18ClN3O/c1-11(19)21-17(12-4-6-13(18)7-5-12)15-10-14(22-3)8-9-16(15)20-2/h4-10,19-20H,1-3H3. The van der Waals surface area contributed by atoms with Crippen LogP contribution in [0.5, 0.6) is 5.75 Å². The third-order valence-corrected chi connectivity index (χ3v) is 3.40. The molecular weight excluding hydrogens is 298 g/mol. The van der Waals surface area contributed by atoms with Gasteiger partial charge in [-0.1, -0.05) is 23.7 Å². The minimum atomic E-state index is 0.231. The summed E-state index contributed by atoms with van der Waals surface area (Å²) in [7, 11) is 3.47. The van der Waals surface area contributed by atoms with Crippen LogP contribution in [0, 0.1) is 5.41 Å². The summed E-state index contributed by atoms with van der Waals surface area (Å²) in [6, 6.07) is 13.1. The molecule has 0 fully saturated rings. The lowest BCUT2D eigenvalue weighted by molar-refractivity contribution is 0.415. The van der Waals surface area contributed by atoms with Gasteiger partial charge in [-0.2, -0.15) is 0 Å². The molecule has 22 heavy (non-hydrogen) atoms. The number of methoxy groups -OCH3 is 1. The van der Waals surface area contributed by atoms with Gasteiger partial charge in [0.1, 0.15) is 11.6 Å². The number of benzene rings is 2. The number of nitrogens with one attached hydrogen (secondary N) is 2. The van der Waals surface area contributed by atoms with Gasteiger partial charge in [0, 0.05) is 28.9 Å². The molecule has 114 valence electrons. The Balaban J connectivity index is 2.64. The highest BCUT2D eigenvalue weighted by Crippen LogP contribution is 2.25. The number of nitrogens with zero attached hydrogens (tertiary/aromatic N) is 1. The summed E-state index contributed by atoms with van der Waals surface area (Å²) >= 11 is 5.96. The lowest BCUT2D eigenvalue weighted by atomic mass is 10.00. The molecule has 5 heteroatoms. The molecule has 0 aliphatic carbocycles. The molecular formula is C17H18ClN3O. The van der Waals surface area contributed by atoms with E-state index in [1.807, 2.05) is 49.5 Å². The Labute approximate surface area is 135 Å². The van der Waals surface area contributed by atoms with Crippen molar-refractivity contribution < 1.29 is 4.74 Å². The maximum absolute atomic E-state index is 7.73. The van der Waals surface area contributed by atoms with Crippen LogP contribution in [0.4, 0.5) is 5.69 Å². The predicted molar refractivity (Wildman–Crippen MR) is 93.0 cm³/mol. The molecule has 0 atom stereocenters. The topological polar surface area (TPSA) is 57.5 Å². The van der Waals surface area contributed by atoms with Gasteiger partial charge in [0.15, 0.2) is 0 Å².